The third-order valence-electron chi connectivity index (χ3n) is 4.11. The van der Waals surface area contributed by atoms with Crippen LogP contribution < -0.4 is 5.32 Å². The molecule has 2 aliphatic rings. The van der Waals surface area contributed by atoms with Gasteiger partial charge in [-0.05, 0) is 31.9 Å². The van der Waals surface area contributed by atoms with Crippen LogP contribution in [0.5, 0.6) is 0 Å². The normalized spacial score (nSPS) is 19.9. The summed E-state index contributed by atoms with van der Waals surface area (Å²) in [6.07, 6.45) is -3.61. The van der Waals surface area contributed by atoms with Crippen LogP contribution in [0.15, 0.2) is 29.2 Å². The molecule has 24 heavy (non-hydrogen) atoms. The van der Waals surface area contributed by atoms with Crippen LogP contribution >= 0.6 is 0 Å². The predicted octanol–water partition coefficient (Wildman–Crippen LogP) is 2.56. The molecule has 1 aromatic rings. The predicted molar refractivity (Wildman–Crippen MR) is 81.3 cm³/mol. The van der Waals surface area contributed by atoms with Gasteiger partial charge in [0.2, 0.25) is 0 Å². The summed E-state index contributed by atoms with van der Waals surface area (Å²) in [6.45, 7) is 3.07. The largest absolute Gasteiger partial charge is 0.396 e. The molecule has 0 spiro atoms. The number of aryl methyl sites for hydroxylation is 1. The summed E-state index contributed by atoms with van der Waals surface area (Å²) >= 11 is 0. The lowest BCUT2D eigenvalue weighted by Gasteiger charge is -2.29. The van der Waals surface area contributed by atoms with E-state index < -0.39 is 21.7 Å². The van der Waals surface area contributed by atoms with Crippen LogP contribution in [0.25, 0.3) is 0 Å². The highest BCUT2D eigenvalue weighted by Gasteiger charge is 2.63. The Balaban J connectivity index is 0.000000177. The van der Waals surface area contributed by atoms with Crippen molar-refractivity contribution < 1.29 is 30.9 Å². The molecule has 1 heterocycles. The summed E-state index contributed by atoms with van der Waals surface area (Å²) in [5.74, 6) is 0. The van der Waals surface area contributed by atoms with E-state index in [9.17, 15) is 21.6 Å². The van der Waals surface area contributed by atoms with Gasteiger partial charge in [0, 0.05) is 13.1 Å². The van der Waals surface area contributed by atoms with Crippen molar-refractivity contribution >= 4 is 10.1 Å². The number of hydrogen-bond acceptors (Lipinski definition) is 4. The number of hydrogen-bond donors (Lipinski definition) is 2. The fourth-order valence-corrected chi connectivity index (χ4v) is 2.51. The number of rotatable bonds is 4. The van der Waals surface area contributed by atoms with E-state index in [2.05, 4.69) is 5.32 Å². The van der Waals surface area contributed by atoms with E-state index >= 15 is 0 Å². The minimum Gasteiger partial charge on any atom is -0.375 e. The van der Waals surface area contributed by atoms with Crippen molar-refractivity contribution in [1.82, 2.24) is 5.32 Å². The van der Waals surface area contributed by atoms with Crippen molar-refractivity contribution in [3.8, 4) is 0 Å². The Morgan fingerprint density at radius 3 is 2.12 bits per heavy atom. The van der Waals surface area contributed by atoms with Crippen LogP contribution in [0.4, 0.5) is 13.2 Å². The van der Waals surface area contributed by atoms with Crippen LogP contribution in [-0.2, 0) is 14.9 Å². The lowest BCUT2D eigenvalue weighted by molar-refractivity contribution is -0.207. The van der Waals surface area contributed by atoms with E-state index in [1.54, 1.807) is 12.1 Å². The molecule has 0 amide bonds. The molecule has 5 nitrogen and oxygen atoms in total. The van der Waals surface area contributed by atoms with Crippen molar-refractivity contribution in [1.29, 1.82) is 0 Å². The first-order valence-corrected chi connectivity index (χ1v) is 8.91. The van der Waals surface area contributed by atoms with Crippen molar-refractivity contribution in [2.75, 3.05) is 19.7 Å². The Bertz CT molecular complexity index is 650. The van der Waals surface area contributed by atoms with Gasteiger partial charge in [-0.25, -0.2) is 0 Å². The molecule has 0 bridgehead atoms. The summed E-state index contributed by atoms with van der Waals surface area (Å²) in [7, 11) is -4.02. The molecule has 3 rings (SSSR count). The number of ether oxygens (including phenoxy) is 1. The van der Waals surface area contributed by atoms with Crippen molar-refractivity contribution in [3.63, 3.8) is 0 Å². The van der Waals surface area contributed by atoms with Crippen LogP contribution in [0.1, 0.15) is 18.4 Å². The van der Waals surface area contributed by atoms with Gasteiger partial charge < -0.3 is 10.1 Å². The third kappa shape index (κ3) is 4.92. The number of alkyl halides is 3. The highest BCUT2D eigenvalue weighted by Crippen LogP contribution is 2.57. The molecule has 1 aliphatic carbocycles. The number of halogens is 3. The summed E-state index contributed by atoms with van der Waals surface area (Å²) in [4.78, 5) is -0.0666. The van der Waals surface area contributed by atoms with Gasteiger partial charge in [-0.1, -0.05) is 17.7 Å². The maximum absolute atomic E-state index is 12.4. The Morgan fingerprint density at radius 1 is 1.25 bits per heavy atom. The zero-order chi connectivity index (χ0) is 18.0. The second-order valence-electron chi connectivity index (χ2n) is 6.16. The fourth-order valence-electron chi connectivity index (χ4n) is 2.03. The Kier molecular flexibility index (Phi) is 5.58. The molecule has 0 radical (unpaired) electrons. The van der Waals surface area contributed by atoms with Crippen molar-refractivity contribution in [3.05, 3.63) is 29.8 Å². The van der Waals surface area contributed by atoms with Gasteiger partial charge in [-0.3, -0.25) is 4.55 Å². The van der Waals surface area contributed by atoms with E-state index in [-0.39, 0.29) is 30.4 Å². The molecule has 9 heteroatoms. The van der Waals surface area contributed by atoms with Gasteiger partial charge in [0.25, 0.3) is 10.1 Å². The van der Waals surface area contributed by atoms with Crippen LogP contribution in [0.2, 0.25) is 0 Å². The van der Waals surface area contributed by atoms with Crippen LogP contribution in [0.3, 0.4) is 0 Å². The smallest absolute Gasteiger partial charge is 0.375 e. The summed E-state index contributed by atoms with van der Waals surface area (Å²) in [5.41, 5.74) is -0.542. The van der Waals surface area contributed by atoms with Crippen molar-refractivity contribution in [2.45, 2.75) is 36.9 Å². The van der Waals surface area contributed by atoms with E-state index in [4.69, 9.17) is 9.29 Å². The van der Waals surface area contributed by atoms with Crippen molar-refractivity contribution in [2.24, 2.45) is 5.41 Å². The first-order chi connectivity index (χ1) is 11.0. The van der Waals surface area contributed by atoms with Crippen LogP contribution in [-0.4, -0.2) is 44.9 Å². The Morgan fingerprint density at radius 2 is 1.79 bits per heavy atom. The summed E-state index contributed by atoms with van der Waals surface area (Å²) < 4.78 is 71.8. The highest BCUT2D eigenvalue weighted by molar-refractivity contribution is 7.85. The monoisotopic (exact) mass is 367 g/mol. The van der Waals surface area contributed by atoms with Gasteiger partial charge in [-0.2, -0.15) is 21.6 Å². The van der Waals surface area contributed by atoms with Crippen LogP contribution in [0, 0.1) is 12.3 Å². The fraction of sp³-hybridized carbons (Fsp3) is 0.600. The first-order valence-electron chi connectivity index (χ1n) is 7.47. The quantitative estimate of drug-likeness (QED) is 0.800. The molecule has 1 saturated carbocycles. The molecule has 0 aromatic heterocycles. The average molecular weight is 367 g/mol. The molecule has 0 unspecified atom stereocenters. The molecule has 2 fully saturated rings. The van der Waals surface area contributed by atoms with Gasteiger partial charge in [0.1, 0.15) is 0 Å². The molecule has 0 atom stereocenters. The molecule has 1 saturated heterocycles. The molecule has 1 aromatic carbocycles. The van der Waals surface area contributed by atoms with Gasteiger partial charge in [0.05, 0.1) is 23.0 Å². The van der Waals surface area contributed by atoms with E-state index in [1.165, 1.54) is 12.1 Å². The minimum atomic E-state index is -4.08. The highest BCUT2D eigenvalue weighted by atomic mass is 32.2. The lowest BCUT2D eigenvalue weighted by Crippen LogP contribution is -2.49. The average Bonchev–Trinajstić information content (AvgIpc) is 3.18. The lowest BCUT2D eigenvalue weighted by atomic mass is 10.1. The third-order valence-corrected chi connectivity index (χ3v) is 4.98. The van der Waals surface area contributed by atoms with Gasteiger partial charge >= 0.3 is 6.18 Å². The van der Waals surface area contributed by atoms with E-state index in [0.29, 0.717) is 13.1 Å². The zero-order valence-corrected chi connectivity index (χ0v) is 14.0. The maximum atomic E-state index is 12.4. The summed E-state index contributed by atoms with van der Waals surface area (Å²) in [6, 6.07) is 5.99. The molecule has 136 valence electrons. The van der Waals surface area contributed by atoms with Gasteiger partial charge in [0.15, 0.2) is 0 Å². The summed E-state index contributed by atoms with van der Waals surface area (Å²) in [5, 5.41) is 2.95. The number of benzene rings is 1. The Hall–Kier alpha value is -1.16. The Labute approximate surface area is 138 Å². The molecular weight excluding hydrogens is 347 g/mol. The maximum Gasteiger partial charge on any atom is 0.396 e. The van der Waals surface area contributed by atoms with E-state index in [0.717, 1.165) is 5.56 Å². The van der Waals surface area contributed by atoms with Gasteiger partial charge in [-0.15, -0.1) is 0 Å². The van der Waals surface area contributed by atoms with E-state index in [1.807, 2.05) is 6.92 Å². The zero-order valence-electron chi connectivity index (χ0n) is 13.1. The second-order valence-corrected chi connectivity index (χ2v) is 7.58. The molecule has 1 aliphatic heterocycles. The SMILES string of the molecule is Cc1ccc(S(=O)(=O)O)cc1.FC(F)(F)C1(COC2CNC2)CC1. The topological polar surface area (TPSA) is 75.6 Å². The molecule has 2 N–H and O–H groups in total. The first kappa shape index (κ1) is 19.2. The standard InChI is InChI=1S/C8H12F3NO.C7H8O3S/c9-8(10,11)7(1-2-7)5-13-6-3-12-4-6;1-6-2-4-7(5-3-6)11(8,9)10/h6,12H,1-5H2;2-5H,1H3,(H,8,9,10). The number of nitrogens with one attached hydrogen (secondary N) is 1. The molecular formula is C15H20F3NO4S. The second kappa shape index (κ2) is 6.99. The minimum absolute atomic E-state index is 0.000162.